The molecule has 0 aliphatic rings. The number of para-hydroxylation sites is 1. The lowest BCUT2D eigenvalue weighted by Crippen LogP contribution is -2.10. The van der Waals surface area contributed by atoms with Crippen LogP contribution in [0.15, 0.2) is 217 Å². The smallest absolute Gasteiger partial charge is 0.136 e. The van der Waals surface area contributed by atoms with Gasteiger partial charge in [-0.1, -0.05) is 164 Å². The summed E-state index contributed by atoms with van der Waals surface area (Å²) in [6, 6.07) is 76.3. The number of benzene rings is 9. The summed E-state index contributed by atoms with van der Waals surface area (Å²) in [7, 11) is 0. The van der Waals surface area contributed by atoms with Gasteiger partial charge in [0.2, 0.25) is 0 Å². The predicted molar refractivity (Wildman–Crippen MR) is 243 cm³/mol. The van der Waals surface area contributed by atoms with Crippen LogP contribution in [-0.2, 0) is 0 Å². The highest BCUT2D eigenvalue weighted by Crippen LogP contribution is 2.47. The Balaban J connectivity index is 0.978. The lowest BCUT2D eigenvalue weighted by Gasteiger charge is -2.26. The molecule has 11 aromatic rings. The van der Waals surface area contributed by atoms with Gasteiger partial charge in [-0.3, -0.25) is 0 Å². The second kappa shape index (κ2) is 13.8. The van der Waals surface area contributed by atoms with E-state index >= 15 is 0 Å². The van der Waals surface area contributed by atoms with Crippen molar-refractivity contribution in [2.45, 2.75) is 0 Å². The first-order valence-electron chi connectivity index (χ1n) is 19.3. The van der Waals surface area contributed by atoms with Gasteiger partial charge in [-0.25, -0.2) is 0 Å². The molecule has 11 rings (SSSR count). The first-order chi connectivity index (χ1) is 28.2. The number of furan rings is 1. The Morgan fingerprint density at radius 3 is 1.46 bits per heavy atom. The highest BCUT2D eigenvalue weighted by Gasteiger charge is 2.20. The van der Waals surface area contributed by atoms with Crippen molar-refractivity contribution in [3.63, 3.8) is 0 Å². The maximum atomic E-state index is 6.19. The minimum atomic E-state index is 0.913. The van der Waals surface area contributed by atoms with E-state index < -0.39 is 0 Å². The van der Waals surface area contributed by atoms with E-state index in [1.807, 2.05) is 23.5 Å². The van der Waals surface area contributed by atoms with E-state index in [-0.39, 0.29) is 0 Å². The van der Waals surface area contributed by atoms with Gasteiger partial charge in [0, 0.05) is 37.6 Å². The van der Waals surface area contributed by atoms with Gasteiger partial charge in [0.15, 0.2) is 0 Å². The Kier molecular flexibility index (Phi) is 8.04. The molecule has 0 aliphatic carbocycles. The van der Waals surface area contributed by atoms with Gasteiger partial charge in [-0.2, -0.15) is 0 Å². The molecule has 0 unspecified atom stereocenters. The summed E-state index contributed by atoms with van der Waals surface area (Å²) in [4.78, 5) is 2.41. The molecule has 0 N–H and O–H groups in total. The van der Waals surface area contributed by atoms with Gasteiger partial charge in [-0.05, 0) is 93.0 Å². The summed E-state index contributed by atoms with van der Waals surface area (Å²) in [6.07, 6.45) is 0. The normalized spacial score (nSPS) is 11.5. The monoisotopic (exact) mass is 745 g/mol. The lowest BCUT2D eigenvalue weighted by atomic mass is 9.99. The molecule has 0 atom stereocenters. The maximum absolute atomic E-state index is 6.19. The molecule has 2 heterocycles. The zero-order chi connectivity index (χ0) is 37.7. The highest BCUT2D eigenvalue weighted by molar-refractivity contribution is 7.27. The van der Waals surface area contributed by atoms with Crippen molar-refractivity contribution in [2.24, 2.45) is 0 Å². The molecule has 0 aliphatic heterocycles. The molecule has 2 nitrogen and oxygen atoms in total. The van der Waals surface area contributed by atoms with Crippen molar-refractivity contribution in [1.82, 2.24) is 0 Å². The third-order valence-corrected chi connectivity index (χ3v) is 12.4. The van der Waals surface area contributed by atoms with Crippen LogP contribution >= 0.6 is 11.3 Å². The summed E-state index contributed by atoms with van der Waals surface area (Å²) < 4.78 is 8.76. The van der Waals surface area contributed by atoms with E-state index in [1.54, 1.807) is 0 Å². The molecule has 0 amide bonds. The molecule has 9 aromatic carbocycles. The average Bonchev–Trinajstić information content (AvgIpc) is 3.86. The molecule has 0 fully saturated rings. The van der Waals surface area contributed by atoms with Crippen molar-refractivity contribution in [3.8, 4) is 44.5 Å². The fraction of sp³-hybridized carbons (Fsp3) is 0. The first-order valence-corrected chi connectivity index (χ1v) is 20.1. The zero-order valence-corrected chi connectivity index (χ0v) is 31.8. The Bertz CT molecular complexity index is 3200. The molecule has 0 saturated heterocycles. The van der Waals surface area contributed by atoms with E-state index in [4.69, 9.17) is 4.42 Å². The van der Waals surface area contributed by atoms with Gasteiger partial charge in [0.1, 0.15) is 11.2 Å². The summed E-state index contributed by atoms with van der Waals surface area (Å²) in [5.41, 5.74) is 14.8. The molecule has 57 heavy (non-hydrogen) atoms. The summed E-state index contributed by atoms with van der Waals surface area (Å²) in [5.74, 6) is 0. The Labute approximate surface area is 335 Å². The van der Waals surface area contributed by atoms with Crippen LogP contribution in [0.1, 0.15) is 0 Å². The molecular formula is C54H35NOS. The van der Waals surface area contributed by atoms with Crippen LogP contribution < -0.4 is 4.90 Å². The summed E-state index contributed by atoms with van der Waals surface area (Å²) in [5, 5.41) is 4.85. The van der Waals surface area contributed by atoms with Crippen LogP contribution in [0.4, 0.5) is 17.1 Å². The molecule has 0 spiro atoms. The number of fused-ring (bicyclic) bond motifs is 6. The molecule has 0 radical (unpaired) electrons. The zero-order valence-electron chi connectivity index (χ0n) is 31.0. The highest BCUT2D eigenvalue weighted by atomic mass is 32.1. The topological polar surface area (TPSA) is 16.4 Å². The number of hydrogen-bond acceptors (Lipinski definition) is 3. The van der Waals surface area contributed by atoms with Gasteiger partial charge < -0.3 is 9.32 Å². The second-order valence-electron chi connectivity index (χ2n) is 14.5. The number of nitrogens with zero attached hydrogens (tertiary/aromatic N) is 1. The lowest BCUT2D eigenvalue weighted by molar-refractivity contribution is 0.669. The van der Waals surface area contributed by atoms with E-state index in [0.29, 0.717) is 0 Å². The first kappa shape index (κ1) is 33.2. The summed E-state index contributed by atoms with van der Waals surface area (Å²) in [6.45, 7) is 0. The Morgan fingerprint density at radius 2 is 0.789 bits per heavy atom. The minimum Gasteiger partial charge on any atom is -0.456 e. The van der Waals surface area contributed by atoms with Crippen molar-refractivity contribution in [2.75, 3.05) is 4.90 Å². The second-order valence-corrected chi connectivity index (χ2v) is 15.5. The molecule has 0 saturated carbocycles. The minimum absolute atomic E-state index is 0.913. The number of hydrogen-bond donors (Lipinski definition) is 0. The molecule has 268 valence electrons. The molecular weight excluding hydrogens is 711 g/mol. The standard InChI is InChI=1S/C54H35NOS/c1-3-11-36(12-4-1)38-25-30-43(31-26-38)55(50-19-10-18-49-48-17-9-16-45(53(48)57-54(49)50)41-13-5-2-6-14-41)44-32-27-39(28-33-44)37-21-23-40(24-22-37)42-29-34-47-46-15-7-8-20-51(46)56-52(47)35-42/h1-35H. The number of thiophene rings is 1. The molecule has 0 bridgehead atoms. The summed E-state index contributed by atoms with van der Waals surface area (Å²) >= 11 is 1.88. The van der Waals surface area contributed by atoms with E-state index in [1.165, 1.54) is 59.2 Å². The number of anilines is 3. The van der Waals surface area contributed by atoms with Crippen LogP contribution in [0.3, 0.4) is 0 Å². The molecule has 3 heteroatoms. The SMILES string of the molecule is c1ccc(-c2ccc(N(c3ccc(-c4ccc(-c5ccc6c(c5)oc5ccccc56)cc4)cc3)c3cccc4c3sc3c(-c5ccccc5)cccc34)cc2)cc1. The third kappa shape index (κ3) is 5.88. The van der Waals surface area contributed by atoms with E-state index in [2.05, 4.69) is 205 Å². The largest absolute Gasteiger partial charge is 0.456 e. The van der Waals surface area contributed by atoms with Crippen LogP contribution in [0.2, 0.25) is 0 Å². The molecule has 2 aromatic heterocycles. The van der Waals surface area contributed by atoms with Gasteiger partial charge >= 0.3 is 0 Å². The van der Waals surface area contributed by atoms with Gasteiger partial charge in [0.05, 0.1) is 10.4 Å². The van der Waals surface area contributed by atoms with Crippen molar-refractivity contribution in [1.29, 1.82) is 0 Å². The van der Waals surface area contributed by atoms with Crippen molar-refractivity contribution >= 4 is 70.5 Å². The van der Waals surface area contributed by atoms with E-state index in [9.17, 15) is 0 Å². The van der Waals surface area contributed by atoms with Crippen LogP contribution in [0.5, 0.6) is 0 Å². The quantitative estimate of drug-likeness (QED) is 0.162. The third-order valence-electron chi connectivity index (χ3n) is 11.1. The maximum Gasteiger partial charge on any atom is 0.136 e. The van der Waals surface area contributed by atoms with Crippen LogP contribution in [0.25, 0.3) is 86.6 Å². The van der Waals surface area contributed by atoms with Gasteiger partial charge in [0.25, 0.3) is 0 Å². The van der Waals surface area contributed by atoms with Crippen LogP contribution in [-0.4, -0.2) is 0 Å². The van der Waals surface area contributed by atoms with E-state index in [0.717, 1.165) is 44.4 Å². The number of rotatable bonds is 7. The van der Waals surface area contributed by atoms with Crippen molar-refractivity contribution in [3.05, 3.63) is 212 Å². The van der Waals surface area contributed by atoms with Crippen molar-refractivity contribution < 1.29 is 4.42 Å². The Morgan fingerprint density at radius 1 is 0.316 bits per heavy atom. The fourth-order valence-corrected chi connectivity index (χ4v) is 9.59. The van der Waals surface area contributed by atoms with Gasteiger partial charge in [-0.15, -0.1) is 11.3 Å². The average molecular weight is 746 g/mol. The fourth-order valence-electron chi connectivity index (χ4n) is 8.25. The predicted octanol–water partition coefficient (Wildman–Crippen LogP) is 16.1. The van der Waals surface area contributed by atoms with Crippen LogP contribution in [0, 0.1) is 0 Å². The Hall–Kier alpha value is -7.20.